The van der Waals surface area contributed by atoms with E-state index >= 15 is 0 Å². The van der Waals surface area contributed by atoms with Gasteiger partial charge in [-0.15, -0.1) is 0 Å². The van der Waals surface area contributed by atoms with Crippen LogP contribution in [0.5, 0.6) is 0 Å². The summed E-state index contributed by atoms with van der Waals surface area (Å²) in [5, 5.41) is 5.38. The minimum absolute atomic E-state index is 0.0534. The zero-order valence-corrected chi connectivity index (χ0v) is 22.9. The van der Waals surface area contributed by atoms with Crippen LogP contribution in [0.1, 0.15) is 70.8 Å². The maximum absolute atomic E-state index is 13.7. The second-order valence-electron chi connectivity index (χ2n) is 10.7. The summed E-state index contributed by atoms with van der Waals surface area (Å²) in [6, 6.07) is 18.3. The largest absolute Gasteiger partial charge is 0.315 e. The van der Waals surface area contributed by atoms with E-state index in [0.29, 0.717) is 34.9 Å². The van der Waals surface area contributed by atoms with Crippen LogP contribution in [-0.2, 0) is 0 Å². The van der Waals surface area contributed by atoms with Crippen LogP contribution < -0.4 is 0 Å². The van der Waals surface area contributed by atoms with Crippen molar-refractivity contribution in [2.24, 2.45) is 5.92 Å². The molecular formula is C33H30N6O2. The van der Waals surface area contributed by atoms with Crippen LogP contribution in [0.15, 0.2) is 85.6 Å². The van der Waals surface area contributed by atoms with Crippen molar-refractivity contribution in [3.05, 3.63) is 114 Å². The molecule has 0 radical (unpaired) electrons. The molecule has 8 nitrogen and oxygen atoms in total. The van der Waals surface area contributed by atoms with E-state index in [0.717, 1.165) is 29.4 Å². The minimum atomic E-state index is -0.504. The van der Waals surface area contributed by atoms with Gasteiger partial charge < -0.3 is 4.85 Å². The molecule has 41 heavy (non-hydrogen) atoms. The summed E-state index contributed by atoms with van der Waals surface area (Å²) >= 11 is 0. The Morgan fingerprint density at radius 3 is 2.59 bits per heavy atom. The molecule has 2 aromatic carbocycles. The van der Waals surface area contributed by atoms with Crippen LogP contribution >= 0.6 is 0 Å². The normalized spacial score (nSPS) is 15.0. The molecule has 8 heteroatoms. The number of fused-ring (bicyclic) bond motifs is 1. The molecule has 0 amide bonds. The van der Waals surface area contributed by atoms with Crippen LogP contribution in [0.3, 0.4) is 0 Å². The Kier molecular flexibility index (Phi) is 7.26. The Balaban J connectivity index is 1.28. The topological polar surface area (TPSA) is 87.0 Å². The average molecular weight is 543 g/mol. The lowest BCUT2D eigenvalue weighted by Crippen LogP contribution is -2.20. The highest BCUT2D eigenvalue weighted by atomic mass is 16.2. The second-order valence-corrected chi connectivity index (χ2v) is 10.7. The van der Waals surface area contributed by atoms with Gasteiger partial charge in [-0.3, -0.25) is 18.8 Å². The van der Waals surface area contributed by atoms with Crippen molar-refractivity contribution in [1.82, 2.24) is 24.3 Å². The van der Waals surface area contributed by atoms with E-state index < -0.39 is 5.92 Å². The molecule has 1 fully saturated rings. The van der Waals surface area contributed by atoms with Gasteiger partial charge in [0.1, 0.15) is 12.4 Å². The molecule has 3 aromatic heterocycles. The fraction of sp³-hybridized carbons (Fsp3) is 0.273. The number of hydrogen-bond acceptors (Lipinski definition) is 5. The smallest absolute Gasteiger partial charge is 0.239 e. The van der Waals surface area contributed by atoms with Gasteiger partial charge in [-0.05, 0) is 43.4 Å². The summed E-state index contributed by atoms with van der Waals surface area (Å²) in [5.41, 5.74) is 3.95. The molecule has 1 aliphatic carbocycles. The summed E-state index contributed by atoms with van der Waals surface area (Å²) < 4.78 is 3.48. The number of hydrogen-bond donors (Lipinski definition) is 0. The zero-order chi connectivity index (χ0) is 28.3. The lowest BCUT2D eigenvalue weighted by Gasteiger charge is -2.18. The lowest BCUT2D eigenvalue weighted by atomic mass is 9.95. The summed E-state index contributed by atoms with van der Waals surface area (Å²) in [5.74, 6) is -0.272. The summed E-state index contributed by atoms with van der Waals surface area (Å²) in [7, 11) is 0. The highest BCUT2D eigenvalue weighted by Crippen LogP contribution is 2.35. The molecule has 0 saturated heterocycles. The van der Waals surface area contributed by atoms with Gasteiger partial charge in [0.25, 0.3) is 0 Å². The first kappa shape index (κ1) is 26.3. The number of aromatic nitrogens is 5. The maximum atomic E-state index is 13.7. The Morgan fingerprint density at radius 1 is 1.02 bits per heavy atom. The highest BCUT2D eigenvalue weighted by Gasteiger charge is 2.30. The standard InChI is InChI=1S/C33H30N6O2/c1-22(25-13-8-14-26(17-25)31(40)24-11-4-3-5-12-24)33(41)38-16-15-28-30(35-21-36-32(28)38)27-18-37-39(20-27)29(19-34-2)23-9-6-7-10-23/h3-5,8,11-18,20-23,29H,6-7,9-10,19H2,1H3/t22?,29-/m1/s1. The van der Waals surface area contributed by atoms with Crippen molar-refractivity contribution in [3.63, 3.8) is 0 Å². The first-order valence-electron chi connectivity index (χ1n) is 14.0. The number of rotatable bonds is 8. The van der Waals surface area contributed by atoms with E-state index in [4.69, 9.17) is 6.57 Å². The van der Waals surface area contributed by atoms with Crippen LogP contribution in [-0.4, -0.2) is 42.6 Å². The first-order valence-corrected chi connectivity index (χ1v) is 14.0. The Morgan fingerprint density at radius 2 is 1.80 bits per heavy atom. The van der Waals surface area contributed by atoms with Gasteiger partial charge in [-0.25, -0.2) is 16.5 Å². The van der Waals surface area contributed by atoms with E-state index in [1.807, 2.05) is 54.2 Å². The fourth-order valence-electron chi connectivity index (χ4n) is 5.94. The molecule has 2 atom stereocenters. The molecule has 204 valence electrons. The van der Waals surface area contributed by atoms with Crippen molar-refractivity contribution in [3.8, 4) is 11.3 Å². The third-order valence-electron chi connectivity index (χ3n) is 8.21. The van der Waals surface area contributed by atoms with Gasteiger partial charge >= 0.3 is 0 Å². The van der Waals surface area contributed by atoms with Crippen LogP contribution in [0.25, 0.3) is 27.1 Å². The molecule has 0 spiro atoms. The van der Waals surface area contributed by atoms with E-state index in [1.54, 1.807) is 41.2 Å². The molecule has 6 rings (SSSR count). The molecule has 0 aliphatic heterocycles. The van der Waals surface area contributed by atoms with Crippen molar-refractivity contribution < 1.29 is 9.59 Å². The van der Waals surface area contributed by atoms with Crippen LogP contribution in [0.4, 0.5) is 0 Å². The number of nitrogens with zero attached hydrogens (tertiary/aromatic N) is 6. The van der Waals surface area contributed by atoms with E-state index in [2.05, 4.69) is 19.9 Å². The highest BCUT2D eigenvalue weighted by molar-refractivity contribution is 6.09. The van der Waals surface area contributed by atoms with E-state index in [9.17, 15) is 9.59 Å². The van der Waals surface area contributed by atoms with Crippen LogP contribution in [0, 0.1) is 12.5 Å². The molecule has 1 unspecified atom stereocenters. The molecule has 0 bridgehead atoms. The van der Waals surface area contributed by atoms with Gasteiger partial charge in [0.2, 0.25) is 12.5 Å². The van der Waals surface area contributed by atoms with Crippen molar-refractivity contribution >= 4 is 22.7 Å². The Hall–Kier alpha value is -4.90. The molecule has 1 saturated carbocycles. The second kappa shape index (κ2) is 11.3. The predicted octanol–water partition coefficient (Wildman–Crippen LogP) is 6.62. The monoisotopic (exact) mass is 542 g/mol. The van der Waals surface area contributed by atoms with Crippen molar-refractivity contribution in [1.29, 1.82) is 0 Å². The number of carbonyl (C=O) groups is 2. The number of carbonyl (C=O) groups excluding carboxylic acids is 2. The number of ketones is 1. The fourth-order valence-corrected chi connectivity index (χ4v) is 5.94. The third kappa shape index (κ3) is 5.07. The van der Waals surface area contributed by atoms with E-state index in [1.165, 1.54) is 19.2 Å². The minimum Gasteiger partial charge on any atom is -0.315 e. The maximum Gasteiger partial charge on any atom is 0.239 e. The Labute approximate surface area is 238 Å². The van der Waals surface area contributed by atoms with Gasteiger partial charge in [0.05, 0.1) is 17.8 Å². The Bertz CT molecular complexity index is 1760. The van der Waals surface area contributed by atoms with Gasteiger partial charge in [0, 0.05) is 34.5 Å². The number of benzene rings is 2. The molecular weight excluding hydrogens is 512 g/mol. The summed E-state index contributed by atoms with van der Waals surface area (Å²) in [6.07, 6.45) is 11.6. The van der Waals surface area contributed by atoms with Gasteiger partial charge in [-0.2, -0.15) is 5.10 Å². The molecule has 0 N–H and O–H groups in total. The van der Waals surface area contributed by atoms with Crippen molar-refractivity contribution in [2.45, 2.75) is 44.6 Å². The van der Waals surface area contributed by atoms with E-state index in [-0.39, 0.29) is 17.7 Å². The quantitative estimate of drug-likeness (QED) is 0.162. The van der Waals surface area contributed by atoms with Gasteiger partial charge in [-0.1, -0.05) is 61.4 Å². The third-order valence-corrected chi connectivity index (χ3v) is 8.21. The van der Waals surface area contributed by atoms with Crippen molar-refractivity contribution in [2.75, 3.05) is 6.54 Å². The first-order chi connectivity index (χ1) is 20.0. The predicted molar refractivity (Wildman–Crippen MR) is 157 cm³/mol. The average Bonchev–Trinajstić information content (AvgIpc) is 3.81. The lowest BCUT2D eigenvalue weighted by molar-refractivity contribution is 0.0888. The molecule has 5 aromatic rings. The van der Waals surface area contributed by atoms with Crippen LogP contribution in [0.2, 0.25) is 0 Å². The summed E-state index contributed by atoms with van der Waals surface area (Å²) in [4.78, 5) is 39.4. The summed E-state index contributed by atoms with van der Waals surface area (Å²) in [6.45, 7) is 9.70. The van der Waals surface area contributed by atoms with Gasteiger partial charge in [0.15, 0.2) is 11.4 Å². The zero-order valence-electron chi connectivity index (χ0n) is 22.9. The molecule has 3 heterocycles. The molecule has 1 aliphatic rings. The SMILES string of the molecule is [C-]#[N+]C[C@H](C1CCCC1)n1cc(-c2ncnc3c2ccn3C(=O)C(C)c2cccc(C(=O)c3ccccc3)c2)cn1.